The molecule has 0 atom stereocenters. The number of alkyl carbamates (subject to hydrolysis) is 1. The average Bonchev–Trinajstić information content (AvgIpc) is 2.79. The topological polar surface area (TPSA) is 134 Å². The summed E-state index contributed by atoms with van der Waals surface area (Å²) < 4.78 is 5.87. The van der Waals surface area contributed by atoms with Crippen LogP contribution in [0.5, 0.6) is 5.88 Å². The second-order valence-electron chi connectivity index (χ2n) is 6.66. The Hall–Kier alpha value is -3.23. The SMILES string of the molecule is CC(C)(C)OC(=O)NCc1ccc(-c2[nH]c(=O)n(CC(=O)O)c2O)cc1. The lowest BCUT2D eigenvalue weighted by atomic mass is 10.1. The molecule has 9 nitrogen and oxygen atoms in total. The van der Waals surface area contributed by atoms with Gasteiger partial charge in [0.15, 0.2) is 0 Å². The minimum atomic E-state index is -1.24. The number of aromatic nitrogens is 2. The third-order valence-electron chi connectivity index (χ3n) is 3.33. The summed E-state index contributed by atoms with van der Waals surface area (Å²) in [6.07, 6.45) is -0.533. The molecule has 9 heteroatoms. The fourth-order valence-corrected chi connectivity index (χ4v) is 2.22. The van der Waals surface area contributed by atoms with Crippen molar-refractivity contribution in [3.8, 4) is 17.1 Å². The zero-order valence-electron chi connectivity index (χ0n) is 14.7. The normalized spacial score (nSPS) is 11.2. The van der Waals surface area contributed by atoms with Crippen LogP contribution in [0.2, 0.25) is 0 Å². The number of imidazole rings is 1. The fraction of sp³-hybridized carbons (Fsp3) is 0.353. The Labute approximate surface area is 149 Å². The summed E-state index contributed by atoms with van der Waals surface area (Å²) in [4.78, 5) is 36.6. The summed E-state index contributed by atoms with van der Waals surface area (Å²) >= 11 is 0. The molecule has 1 aromatic heterocycles. The smallest absolute Gasteiger partial charge is 0.407 e. The van der Waals surface area contributed by atoms with Crippen molar-refractivity contribution in [1.82, 2.24) is 14.9 Å². The van der Waals surface area contributed by atoms with Gasteiger partial charge in [0, 0.05) is 12.1 Å². The molecule has 0 aliphatic rings. The highest BCUT2D eigenvalue weighted by Crippen LogP contribution is 2.26. The first-order valence-electron chi connectivity index (χ1n) is 7.86. The first kappa shape index (κ1) is 19.1. The van der Waals surface area contributed by atoms with Crippen LogP contribution in [0.25, 0.3) is 11.3 Å². The van der Waals surface area contributed by atoms with E-state index in [1.165, 1.54) is 0 Å². The van der Waals surface area contributed by atoms with E-state index in [9.17, 15) is 19.5 Å². The van der Waals surface area contributed by atoms with Gasteiger partial charge in [-0.05, 0) is 26.3 Å². The van der Waals surface area contributed by atoms with E-state index in [4.69, 9.17) is 9.84 Å². The van der Waals surface area contributed by atoms with Crippen molar-refractivity contribution < 1.29 is 24.5 Å². The fourth-order valence-electron chi connectivity index (χ4n) is 2.22. The van der Waals surface area contributed by atoms with Gasteiger partial charge in [-0.1, -0.05) is 24.3 Å². The predicted octanol–water partition coefficient (Wildman–Crippen LogP) is 1.66. The molecule has 0 aliphatic carbocycles. The monoisotopic (exact) mass is 363 g/mol. The molecule has 0 saturated carbocycles. The van der Waals surface area contributed by atoms with Gasteiger partial charge in [0.05, 0.1) is 0 Å². The number of amides is 1. The molecular weight excluding hydrogens is 342 g/mol. The van der Waals surface area contributed by atoms with Crippen LogP contribution in [0.15, 0.2) is 29.1 Å². The average molecular weight is 363 g/mol. The first-order chi connectivity index (χ1) is 12.1. The number of nitrogens with zero attached hydrogens (tertiary/aromatic N) is 1. The third-order valence-corrected chi connectivity index (χ3v) is 3.33. The van der Waals surface area contributed by atoms with E-state index >= 15 is 0 Å². The number of hydrogen-bond donors (Lipinski definition) is 4. The molecule has 0 spiro atoms. The zero-order valence-corrected chi connectivity index (χ0v) is 14.7. The maximum atomic E-state index is 11.8. The largest absolute Gasteiger partial charge is 0.493 e. The number of nitrogens with one attached hydrogen (secondary N) is 2. The lowest BCUT2D eigenvalue weighted by Gasteiger charge is -2.19. The van der Waals surface area contributed by atoms with Crippen molar-refractivity contribution in [3.63, 3.8) is 0 Å². The zero-order chi connectivity index (χ0) is 19.5. The molecule has 2 aromatic rings. The number of hydrogen-bond acceptors (Lipinski definition) is 5. The number of carboxylic acid groups (broad SMARTS) is 1. The van der Waals surface area contributed by atoms with E-state index in [0.29, 0.717) is 5.56 Å². The summed E-state index contributed by atoms with van der Waals surface area (Å²) in [5.41, 5.74) is 0.120. The Morgan fingerprint density at radius 3 is 2.38 bits per heavy atom. The second-order valence-corrected chi connectivity index (χ2v) is 6.66. The number of carbonyl (C=O) groups is 2. The molecular formula is C17H21N3O6. The van der Waals surface area contributed by atoms with E-state index in [0.717, 1.165) is 10.1 Å². The second kappa shape index (κ2) is 7.34. The van der Waals surface area contributed by atoms with Crippen LogP contribution in [0.3, 0.4) is 0 Å². The van der Waals surface area contributed by atoms with Crippen LogP contribution in [0, 0.1) is 0 Å². The van der Waals surface area contributed by atoms with Crippen molar-refractivity contribution in [1.29, 1.82) is 0 Å². The Morgan fingerprint density at radius 2 is 1.85 bits per heavy atom. The maximum Gasteiger partial charge on any atom is 0.407 e. The molecule has 0 fully saturated rings. The summed E-state index contributed by atoms with van der Waals surface area (Å²) in [5.74, 6) is -1.69. The molecule has 1 aromatic carbocycles. The Kier molecular flexibility index (Phi) is 5.39. The van der Waals surface area contributed by atoms with Crippen LogP contribution >= 0.6 is 0 Å². The van der Waals surface area contributed by atoms with Gasteiger partial charge in [-0.15, -0.1) is 0 Å². The van der Waals surface area contributed by atoms with E-state index in [-0.39, 0.29) is 12.2 Å². The highest BCUT2D eigenvalue weighted by molar-refractivity contribution is 5.69. The molecule has 1 heterocycles. The molecule has 1 amide bonds. The van der Waals surface area contributed by atoms with Crippen LogP contribution < -0.4 is 11.0 Å². The summed E-state index contributed by atoms with van der Waals surface area (Å²) in [6, 6.07) is 6.70. The number of aromatic hydroxyl groups is 1. The minimum Gasteiger partial charge on any atom is -0.493 e. The van der Waals surface area contributed by atoms with Crippen LogP contribution in [-0.4, -0.2) is 37.4 Å². The Balaban J connectivity index is 2.09. The lowest BCUT2D eigenvalue weighted by molar-refractivity contribution is -0.137. The third kappa shape index (κ3) is 4.88. The molecule has 0 bridgehead atoms. The highest BCUT2D eigenvalue weighted by Gasteiger charge is 2.17. The summed E-state index contributed by atoms with van der Waals surface area (Å²) in [5, 5.41) is 21.5. The van der Waals surface area contributed by atoms with E-state index in [1.54, 1.807) is 45.0 Å². The number of ether oxygens (including phenoxy) is 1. The molecule has 4 N–H and O–H groups in total. The van der Waals surface area contributed by atoms with Crippen molar-refractivity contribution >= 4 is 12.1 Å². The van der Waals surface area contributed by atoms with Crippen LogP contribution in [0.1, 0.15) is 26.3 Å². The molecule has 0 unspecified atom stereocenters. The van der Waals surface area contributed by atoms with E-state index in [2.05, 4.69) is 10.3 Å². The Morgan fingerprint density at radius 1 is 1.23 bits per heavy atom. The van der Waals surface area contributed by atoms with Crippen molar-refractivity contribution in [2.75, 3.05) is 0 Å². The molecule has 0 radical (unpaired) electrons. The number of carbonyl (C=O) groups excluding carboxylic acids is 1. The summed E-state index contributed by atoms with van der Waals surface area (Å²) in [7, 11) is 0. The van der Waals surface area contributed by atoms with Gasteiger partial charge in [-0.2, -0.15) is 0 Å². The number of rotatable bonds is 5. The Bertz CT molecular complexity index is 858. The van der Waals surface area contributed by atoms with Gasteiger partial charge in [-0.25, -0.2) is 9.59 Å². The van der Waals surface area contributed by atoms with Gasteiger partial charge in [0.2, 0.25) is 5.88 Å². The molecule has 2 rings (SSSR count). The molecule has 26 heavy (non-hydrogen) atoms. The predicted molar refractivity (Wildman–Crippen MR) is 92.9 cm³/mol. The van der Waals surface area contributed by atoms with Gasteiger partial charge >= 0.3 is 17.8 Å². The van der Waals surface area contributed by atoms with Crippen molar-refractivity contribution in [2.45, 2.75) is 39.5 Å². The first-order valence-corrected chi connectivity index (χ1v) is 7.86. The number of carboxylic acids is 1. The van der Waals surface area contributed by atoms with Crippen molar-refractivity contribution in [3.05, 3.63) is 40.3 Å². The number of benzene rings is 1. The number of aromatic amines is 1. The van der Waals surface area contributed by atoms with Gasteiger partial charge in [0.1, 0.15) is 17.8 Å². The van der Waals surface area contributed by atoms with Crippen LogP contribution in [-0.2, 0) is 22.6 Å². The van der Waals surface area contributed by atoms with E-state index < -0.39 is 35.8 Å². The lowest BCUT2D eigenvalue weighted by Crippen LogP contribution is -2.32. The van der Waals surface area contributed by atoms with Crippen molar-refractivity contribution in [2.24, 2.45) is 0 Å². The van der Waals surface area contributed by atoms with E-state index in [1.807, 2.05) is 0 Å². The standard InChI is InChI=1S/C17H21N3O6/c1-17(2,3)26-16(25)18-8-10-4-6-11(7-5-10)13-14(23)20(9-12(21)22)15(24)19-13/h4-7,23H,8-9H2,1-3H3,(H,18,25)(H,19,24)(H,21,22). The molecule has 0 saturated heterocycles. The number of aliphatic carboxylic acids is 1. The maximum absolute atomic E-state index is 11.8. The van der Waals surface area contributed by atoms with Crippen LogP contribution in [0.4, 0.5) is 4.79 Å². The van der Waals surface area contributed by atoms with Gasteiger partial charge in [0.25, 0.3) is 0 Å². The van der Waals surface area contributed by atoms with Gasteiger partial charge in [-0.3, -0.25) is 9.36 Å². The quantitative estimate of drug-likeness (QED) is 0.638. The molecule has 0 aliphatic heterocycles. The summed E-state index contributed by atoms with van der Waals surface area (Å²) in [6.45, 7) is 4.91. The highest BCUT2D eigenvalue weighted by atomic mass is 16.6. The van der Waals surface area contributed by atoms with Gasteiger partial charge < -0.3 is 25.3 Å². The minimum absolute atomic E-state index is 0.128. The number of H-pyrrole nitrogens is 1. The molecule has 140 valence electrons.